The van der Waals surface area contributed by atoms with Gasteiger partial charge in [-0.25, -0.2) is 0 Å². The van der Waals surface area contributed by atoms with Crippen LogP contribution in [0.5, 0.6) is 0 Å². The first-order valence-electron chi connectivity index (χ1n) is 6.90. The fraction of sp³-hybridized carbons (Fsp3) is 1.00. The molecule has 2 nitrogen and oxygen atoms in total. The molecule has 96 valence electrons. The number of rotatable bonds is 6. The Kier molecular flexibility index (Phi) is 4.81. The highest BCUT2D eigenvalue weighted by Crippen LogP contribution is 2.42. The molecule has 0 radical (unpaired) electrons. The van der Waals surface area contributed by atoms with Crippen LogP contribution in [0.3, 0.4) is 0 Å². The molecule has 1 N–H and O–H groups in total. The monoisotopic (exact) mass is 227 g/mol. The molecule has 0 spiro atoms. The predicted molar refractivity (Wildman–Crippen MR) is 69.6 cm³/mol. The maximum absolute atomic E-state index is 10.2. The van der Waals surface area contributed by atoms with Gasteiger partial charge in [0.15, 0.2) is 0 Å². The van der Waals surface area contributed by atoms with E-state index in [4.69, 9.17) is 0 Å². The third-order valence-corrected chi connectivity index (χ3v) is 3.59. The lowest BCUT2D eigenvalue weighted by molar-refractivity contribution is 0.127. The van der Waals surface area contributed by atoms with Gasteiger partial charge in [-0.2, -0.15) is 0 Å². The number of hydrogen-bond donors (Lipinski definition) is 1. The molecule has 1 fully saturated rings. The Morgan fingerprint density at radius 2 is 1.81 bits per heavy atom. The summed E-state index contributed by atoms with van der Waals surface area (Å²) in [5.74, 6) is 0. The van der Waals surface area contributed by atoms with Gasteiger partial charge in [0.2, 0.25) is 0 Å². The van der Waals surface area contributed by atoms with Crippen LogP contribution in [0, 0.1) is 0 Å². The van der Waals surface area contributed by atoms with Crippen LogP contribution >= 0.6 is 0 Å². The Morgan fingerprint density at radius 3 is 2.25 bits per heavy atom. The van der Waals surface area contributed by atoms with Gasteiger partial charge >= 0.3 is 0 Å². The van der Waals surface area contributed by atoms with Crippen LogP contribution in [-0.4, -0.2) is 33.7 Å². The highest BCUT2D eigenvalue weighted by molar-refractivity contribution is 5.10. The van der Waals surface area contributed by atoms with Crippen LogP contribution in [0.15, 0.2) is 0 Å². The Morgan fingerprint density at radius 1 is 1.19 bits per heavy atom. The van der Waals surface area contributed by atoms with E-state index in [9.17, 15) is 5.11 Å². The molecule has 0 aromatic carbocycles. The number of aliphatic hydroxyl groups is 1. The van der Waals surface area contributed by atoms with E-state index in [1.807, 2.05) is 0 Å². The highest BCUT2D eigenvalue weighted by atomic mass is 16.3. The molecule has 1 saturated heterocycles. The number of nitrogens with zero attached hydrogens (tertiary/aromatic N) is 1. The van der Waals surface area contributed by atoms with Crippen molar-refractivity contribution in [2.24, 2.45) is 0 Å². The fourth-order valence-corrected chi connectivity index (χ4v) is 2.88. The Labute approximate surface area is 101 Å². The lowest BCUT2D eigenvalue weighted by atomic mass is 10.1. The van der Waals surface area contributed by atoms with Crippen molar-refractivity contribution in [3.8, 4) is 0 Å². The van der Waals surface area contributed by atoms with Gasteiger partial charge in [0.05, 0.1) is 12.1 Å². The molecule has 1 heterocycles. The summed E-state index contributed by atoms with van der Waals surface area (Å²) < 4.78 is 0. The van der Waals surface area contributed by atoms with Crippen LogP contribution in [0.2, 0.25) is 0 Å². The van der Waals surface area contributed by atoms with Crippen molar-refractivity contribution < 1.29 is 5.11 Å². The second-order valence-corrected chi connectivity index (χ2v) is 6.13. The first-order chi connectivity index (χ1) is 7.43. The Bertz CT molecular complexity index is 209. The lowest BCUT2D eigenvalue weighted by Crippen LogP contribution is -2.31. The van der Waals surface area contributed by atoms with Crippen LogP contribution in [0.4, 0.5) is 0 Å². The van der Waals surface area contributed by atoms with Gasteiger partial charge in [-0.1, -0.05) is 33.1 Å². The van der Waals surface area contributed by atoms with Crippen LogP contribution in [0.1, 0.15) is 66.7 Å². The van der Waals surface area contributed by atoms with Gasteiger partial charge in [-0.3, -0.25) is 4.90 Å². The quantitative estimate of drug-likeness (QED) is 0.704. The number of hydrogen-bond acceptors (Lipinski definition) is 2. The fourth-order valence-electron chi connectivity index (χ4n) is 2.88. The molecule has 0 amide bonds. The standard InChI is InChI=1S/C14H29NO/c1-6-8-10-11-13(12(16)9-7-2)15(11)14(3,4)5/h11-13,16H,6-10H2,1-5H3/t11-,12+,13-,15?/m0/s1. The molecule has 1 rings (SSSR count). The van der Waals surface area contributed by atoms with Gasteiger partial charge in [0, 0.05) is 11.6 Å². The van der Waals surface area contributed by atoms with E-state index >= 15 is 0 Å². The molecular weight excluding hydrogens is 198 g/mol. The van der Waals surface area contributed by atoms with Crippen molar-refractivity contribution in [1.29, 1.82) is 0 Å². The summed E-state index contributed by atoms with van der Waals surface area (Å²) in [7, 11) is 0. The molecule has 1 aliphatic heterocycles. The third kappa shape index (κ3) is 3.21. The molecule has 4 atom stereocenters. The minimum atomic E-state index is -0.119. The summed E-state index contributed by atoms with van der Waals surface area (Å²) in [5, 5.41) is 10.2. The summed E-state index contributed by atoms with van der Waals surface area (Å²) in [5.41, 5.74) is 0.206. The summed E-state index contributed by atoms with van der Waals surface area (Å²) in [6, 6.07) is 1.05. The van der Waals surface area contributed by atoms with Gasteiger partial charge in [0.25, 0.3) is 0 Å². The molecular formula is C14H29NO. The van der Waals surface area contributed by atoms with Crippen molar-refractivity contribution in [2.45, 2.75) is 90.4 Å². The molecule has 0 aromatic rings. The van der Waals surface area contributed by atoms with Gasteiger partial charge in [0.1, 0.15) is 0 Å². The van der Waals surface area contributed by atoms with Crippen molar-refractivity contribution in [2.75, 3.05) is 0 Å². The Balaban J connectivity index is 2.54. The van der Waals surface area contributed by atoms with E-state index in [0.29, 0.717) is 12.1 Å². The predicted octanol–water partition coefficient (Wildman–Crippen LogP) is 3.19. The second-order valence-electron chi connectivity index (χ2n) is 6.13. The molecule has 1 unspecified atom stereocenters. The molecule has 16 heavy (non-hydrogen) atoms. The van der Waals surface area contributed by atoms with E-state index in [0.717, 1.165) is 12.8 Å². The molecule has 0 bridgehead atoms. The minimum Gasteiger partial charge on any atom is -0.391 e. The molecule has 1 aliphatic rings. The zero-order valence-electron chi connectivity index (χ0n) is 11.7. The van der Waals surface area contributed by atoms with Crippen LogP contribution in [-0.2, 0) is 0 Å². The van der Waals surface area contributed by atoms with Gasteiger partial charge < -0.3 is 5.11 Å². The van der Waals surface area contributed by atoms with Crippen molar-refractivity contribution >= 4 is 0 Å². The summed E-state index contributed by atoms with van der Waals surface area (Å²) in [4.78, 5) is 2.50. The molecule has 0 aliphatic carbocycles. The third-order valence-electron chi connectivity index (χ3n) is 3.59. The Hall–Kier alpha value is -0.0800. The maximum atomic E-state index is 10.2. The number of aliphatic hydroxyl groups excluding tert-OH is 1. The van der Waals surface area contributed by atoms with Gasteiger partial charge in [-0.15, -0.1) is 0 Å². The van der Waals surface area contributed by atoms with Crippen LogP contribution < -0.4 is 0 Å². The zero-order chi connectivity index (χ0) is 12.3. The molecule has 2 heteroatoms. The molecule has 0 aromatic heterocycles. The van der Waals surface area contributed by atoms with E-state index in [1.54, 1.807) is 0 Å². The summed E-state index contributed by atoms with van der Waals surface area (Å²) in [6.07, 6.45) is 5.69. The smallest absolute Gasteiger partial charge is 0.0710 e. The van der Waals surface area contributed by atoms with Crippen molar-refractivity contribution in [3.63, 3.8) is 0 Å². The zero-order valence-corrected chi connectivity index (χ0v) is 11.7. The highest BCUT2D eigenvalue weighted by Gasteiger charge is 2.54. The van der Waals surface area contributed by atoms with Crippen LogP contribution in [0.25, 0.3) is 0 Å². The van der Waals surface area contributed by atoms with E-state index in [-0.39, 0.29) is 11.6 Å². The van der Waals surface area contributed by atoms with Crippen molar-refractivity contribution in [1.82, 2.24) is 4.90 Å². The van der Waals surface area contributed by atoms with E-state index < -0.39 is 0 Å². The average Bonchev–Trinajstić information content (AvgIpc) is 2.88. The summed E-state index contributed by atoms with van der Waals surface area (Å²) in [6.45, 7) is 11.1. The minimum absolute atomic E-state index is 0.119. The molecule has 0 saturated carbocycles. The SMILES string of the molecule is CCCC[C@H]1[C@@H]([C@H](O)CCC)N1C(C)(C)C. The van der Waals surface area contributed by atoms with Gasteiger partial charge in [-0.05, 0) is 33.6 Å². The first kappa shape index (κ1) is 14.0. The normalized spacial score (nSPS) is 31.5. The maximum Gasteiger partial charge on any atom is 0.0710 e. The largest absolute Gasteiger partial charge is 0.391 e. The van der Waals surface area contributed by atoms with E-state index in [1.165, 1.54) is 19.3 Å². The first-order valence-corrected chi connectivity index (χ1v) is 6.90. The lowest BCUT2D eigenvalue weighted by Gasteiger charge is -2.23. The average molecular weight is 227 g/mol. The van der Waals surface area contributed by atoms with E-state index in [2.05, 4.69) is 39.5 Å². The number of unbranched alkanes of at least 4 members (excludes halogenated alkanes) is 1. The topological polar surface area (TPSA) is 23.2 Å². The van der Waals surface area contributed by atoms with Crippen molar-refractivity contribution in [3.05, 3.63) is 0 Å². The second kappa shape index (κ2) is 5.50. The summed E-state index contributed by atoms with van der Waals surface area (Å²) >= 11 is 0.